The van der Waals surface area contributed by atoms with Gasteiger partial charge in [-0.3, -0.25) is 10.1 Å². The molecule has 21 heavy (non-hydrogen) atoms. The van der Waals surface area contributed by atoms with Crippen LogP contribution in [-0.4, -0.2) is 33.7 Å². The van der Waals surface area contributed by atoms with Gasteiger partial charge in [-0.2, -0.15) is 0 Å². The van der Waals surface area contributed by atoms with E-state index in [4.69, 9.17) is 0 Å². The van der Waals surface area contributed by atoms with Crippen molar-refractivity contribution in [3.8, 4) is 0 Å². The van der Waals surface area contributed by atoms with E-state index in [0.717, 1.165) is 16.6 Å². The van der Waals surface area contributed by atoms with E-state index in [0.29, 0.717) is 11.7 Å². The minimum absolute atomic E-state index is 0.345. The van der Waals surface area contributed by atoms with E-state index in [1.807, 2.05) is 25.1 Å². The van der Waals surface area contributed by atoms with Crippen molar-refractivity contribution in [3.63, 3.8) is 0 Å². The second kappa shape index (κ2) is 6.62. The molecule has 0 saturated heterocycles. The number of hydrogen-bond acceptors (Lipinski definition) is 4. The van der Waals surface area contributed by atoms with Crippen LogP contribution < -0.4 is 10.6 Å². The van der Waals surface area contributed by atoms with Crippen LogP contribution in [0, 0.1) is 6.92 Å². The number of imidazole rings is 1. The van der Waals surface area contributed by atoms with E-state index >= 15 is 0 Å². The molecule has 112 valence electrons. The Bertz CT molecular complexity index is 668. The zero-order valence-corrected chi connectivity index (χ0v) is 13.0. The smallest absolute Gasteiger partial charge is 0.321 e. The number of aromatic nitrogens is 2. The first-order valence-electron chi connectivity index (χ1n) is 6.71. The summed E-state index contributed by atoms with van der Waals surface area (Å²) in [6.07, 6.45) is 0. The Morgan fingerprint density at radius 3 is 2.90 bits per heavy atom. The number of nitrogens with one attached hydrogen (secondary N) is 3. The van der Waals surface area contributed by atoms with Crippen molar-refractivity contribution in [2.75, 3.05) is 6.54 Å². The lowest BCUT2D eigenvalue weighted by Crippen LogP contribution is -2.42. The Morgan fingerprint density at radius 1 is 1.43 bits per heavy atom. The number of nitrogens with zero attached hydrogens (tertiary/aromatic N) is 1. The molecule has 2 rings (SSSR count). The summed E-state index contributed by atoms with van der Waals surface area (Å²) in [6.45, 7) is 6.01. The minimum Gasteiger partial charge on any atom is -0.338 e. The summed E-state index contributed by atoms with van der Waals surface area (Å²) < 4.78 is 0. The quantitative estimate of drug-likeness (QED) is 0.756. The highest BCUT2D eigenvalue weighted by molar-refractivity contribution is 8.00. The Hall–Kier alpha value is -2.02. The molecule has 7 heteroatoms. The first kappa shape index (κ1) is 15.4. The number of rotatable bonds is 4. The summed E-state index contributed by atoms with van der Waals surface area (Å²) in [5.41, 5.74) is 2.94. The molecule has 0 radical (unpaired) electrons. The molecule has 0 aliphatic rings. The molecule has 0 saturated carbocycles. The first-order valence-corrected chi connectivity index (χ1v) is 7.59. The molecule has 0 unspecified atom stereocenters. The van der Waals surface area contributed by atoms with E-state index in [2.05, 4.69) is 20.6 Å². The maximum Gasteiger partial charge on any atom is 0.321 e. The van der Waals surface area contributed by atoms with Crippen molar-refractivity contribution in [1.82, 2.24) is 20.6 Å². The molecular formula is C14H18N4O2S. The number of urea groups is 1. The molecule has 0 bridgehead atoms. The van der Waals surface area contributed by atoms with Crippen LogP contribution in [0.15, 0.2) is 23.4 Å². The maximum atomic E-state index is 11.9. The molecule has 1 heterocycles. The van der Waals surface area contributed by atoms with Gasteiger partial charge in [0.1, 0.15) is 0 Å². The molecule has 1 aromatic carbocycles. The minimum atomic E-state index is -0.477. The van der Waals surface area contributed by atoms with E-state index in [9.17, 15) is 9.59 Å². The first-order chi connectivity index (χ1) is 9.99. The number of benzene rings is 1. The summed E-state index contributed by atoms with van der Waals surface area (Å²) in [6, 6.07) is 5.45. The van der Waals surface area contributed by atoms with E-state index in [1.54, 1.807) is 13.8 Å². The lowest BCUT2D eigenvalue weighted by molar-refractivity contribution is -0.119. The number of carbonyl (C=O) groups excluding carboxylic acids is 2. The van der Waals surface area contributed by atoms with Crippen LogP contribution in [0.5, 0.6) is 0 Å². The predicted molar refractivity (Wildman–Crippen MR) is 83.4 cm³/mol. The second-order valence-electron chi connectivity index (χ2n) is 4.67. The number of aromatic amines is 1. The van der Waals surface area contributed by atoms with Crippen molar-refractivity contribution in [3.05, 3.63) is 23.8 Å². The molecule has 1 atom stereocenters. The Balaban J connectivity index is 2.02. The fourth-order valence-electron chi connectivity index (χ4n) is 1.80. The van der Waals surface area contributed by atoms with E-state index in [-0.39, 0.29) is 5.91 Å². The number of thioether (sulfide) groups is 1. The van der Waals surface area contributed by atoms with Crippen molar-refractivity contribution in [1.29, 1.82) is 0 Å². The molecule has 6 nitrogen and oxygen atoms in total. The maximum absolute atomic E-state index is 11.9. The summed E-state index contributed by atoms with van der Waals surface area (Å²) in [4.78, 5) is 30.8. The van der Waals surface area contributed by atoms with Crippen molar-refractivity contribution >= 4 is 34.7 Å². The monoisotopic (exact) mass is 306 g/mol. The Kier molecular flexibility index (Phi) is 4.85. The third kappa shape index (κ3) is 3.98. The van der Waals surface area contributed by atoms with Gasteiger partial charge in [0.05, 0.1) is 16.3 Å². The van der Waals surface area contributed by atoms with Gasteiger partial charge in [-0.1, -0.05) is 17.8 Å². The van der Waals surface area contributed by atoms with Gasteiger partial charge in [0.15, 0.2) is 5.16 Å². The van der Waals surface area contributed by atoms with Crippen LogP contribution in [0.25, 0.3) is 11.0 Å². The van der Waals surface area contributed by atoms with Crippen LogP contribution in [0.2, 0.25) is 0 Å². The molecule has 0 aliphatic carbocycles. The van der Waals surface area contributed by atoms with Gasteiger partial charge in [-0.05, 0) is 38.5 Å². The molecule has 2 aromatic rings. The largest absolute Gasteiger partial charge is 0.338 e. The topological polar surface area (TPSA) is 86.9 Å². The lowest BCUT2D eigenvalue weighted by Gasteiger charge is -2.09. The number of fused-ring (bicyclic) bond motifs is 1. The summed E-state index contributed by atoms with van der Waals surface area (Å²) in [5.74, 6) is -0.345. The van der Waals surface area contributed by atoms with Gasteiger partial charge in [-0.25, -0.2) is 9.78 Å². The number of hydrogen-bond donors (Lipinski definition) is 3. The average Bonchev–Trinajstić information content (AvgIpc) is 2.80. The molecule has 3 N–H and O–H groups in total. The lowest BCUT2D eigenvalue weighted by atomic mass is 10.2. The molecule has 0 aliphatic heterocycles. The zero-order valence-electron chi connectivity index (χ0n) is 12.2. The number of imide groups is 1. The standard InChI is InChI=1S/C14H18N4O2S/c1-4-15-13(20)18-12(19)9(3)21-14-16-10-6-5-8(2)7-11(10)17-14/h5-7,9H,4H2,1-3H3,(H,16,17)(H2,15,18,19,20)/t9-/m0/s1. The Morgan fingerprint density at radius 2 is 2.19 bits per heavy atom. The van der Waals surface area contributed by atoms with Crippen LogP contribution >= 0.6 is 11.8 Å². The normalized spacial score (nSPS) is 12.1. The molecule has 0 fully saturated rings. The molecular weight excluding hydrogens is 288 g/mol. The van der Waals surface area contributed by atoms with E-state index < -0.39 is 11.3 Å². The third-order valence-corrected chi connectivity index (χ3v) is 3.83. The van der Waals surface area contributed by atoms with Crippen LogP contribution in [0.1, 0.15) is 19.4 Å². The highest BCUT2D eigenvalue weighted by Crippen LogP contribution is 2.23. The highest BCUT2D eigenvalue weighted by atomic mass is 32.2. The molecule has 3 amide bonds. The van der Waals surface area contributed by atoms with Crippen molar-refractivity contribution in [2.24, 2.45) is 0 Å². The van der Waals surface area contributed by atoms with Gasteiger partial charge < -0.3 is 10.3 Å². The third-order valence-electron chi connectivity index (χ3n) is 2.85. The van der Waals surface area contributed by atoms with Crippen LogP contribution in [0.4, 0.5) is 4.79 Å². The number of carbonyl (C=O) groups is 2. The average molecular weight is 306 g/mol. The number of aryl methyl sites for hydroxylation is 1. The number of H-pyrrole nitrogens is 1. The van der Waals surface area contributed by atoms with Crippen LogP contribution in [0.3, 0.4) is 0 Å². The zero-order chi connectivity index (χ0) is 15.4. The fourth-order valence-corrected chi connectivity index (χ4v) is 2.62. The fraction of sp³-hybridized carbons (Fsp3) is 0.357. The molecule has 0 spiro atoms. The van der Waals surface area contributed by atoms with Crippen molar-refractivity contribution in [2.45, 2.75) is 31.2 Å². The van der Waals surface area contributed by atoms with Gasteiger partial charge in [0.2, 0.25) is 5.91 Å². The van der Waals surface area contributed by atoms with Gasteiger partial charge in [-0.15, -0.1) is 0 Å². The van der Waals surface area contributed by atoms with Crippen LogP contribution in [-0.2, 0) is 4.79 Å². The Labute approximate surface area is 127 Å². The summed E-state index contributed by atoms with van der Waals surface area (Å²) in [5, 5.41) is 5.05. The predicted octanol–water partition coefficient (Wildman–Crippen LogP) is 2.20. The highest BCUT2D eigenvalue weighted by Gasteiger charge is 2.18. The van der Waals surface area contributed by atoms with Gasteiger partial charge in [0.25, 0.3) is 0 Å². The number of amides is 3. The van der Waals surface area contributed by atoms with E-state index in [1.165, 1.54) is 11.8 Å². The summed E-state index contributed by atoms with van der Waals surface area (Å²) in [7, 11) is 0. The SMILES string of the molecule is CCNC(=O)NC(=O)[C@H](C)Sc1nc2ccc(C)cc2[nH]1. The van der Waals surface area contributed by atoms with Crippen molar-refractivity contribution < 1.29 is 9.59 Å². The van der Waals surface area contributed by atoms with Gasteiger partial charge in [0, 0.05) is 6.54 Å². The van der Waals surface area contributed by atoms with Gasteiger partial charge >= 0.3 is 6.03 Å². The summed E-state index contributed by atoms with van der Waals surface area (Å²) >= 11 is 1.28. The molecule has 1 aromatic heterocycles. The second-order valence-corrected chi connectivity index (χ2v) is 6.00.